The highest BCUT2D eigenvalue weighted by molar-refractivity contribution is 7.09. The Hall–Kier alpha value is -0.450. The third-order valence-corrected chi connectivity index (χ3v) is 4.05. The third kappa shape index (κ3) is 3.27. The Morgan fingerprint density at radius 3 is 3.12 bits per heavy atom. The molecule has 4 heteroatoms. The third-order valence-electron chi connectivity index (χ3n) is 3.13. The molecule has 0 radical (unpaired) electrons. The summed E-state index contributed by atoms with van der Waals surface area (Å²) < 4.78 is 5.90. The Balaban J connectivity index is 1.78. The van der Waals surface area contributed by atoms with Crippen LogP contribution in [0.5, 0.6) is 0 Å². The van der Waals surface area contributed by atoms with Crippen LogP contribution in [0, 0.1) is 5.92 Å². The van der Waals surface area contributed by atoms with E-state index < -0.39 is 0 Å². The zero-order valence-corrected chi connectivity index (χ0v) is 10.6. The summed E-state index contributed by atoms with van der Waals surface area (Å²) in [5, 5.41) is 3.05. The molecule has 90 valence electrons. The maximum absolute atomic E-state index is 5.90. The first-order valence-corrected chi connectivity index (χ1v) is 6.91. The molecule has 0 saturated heterocycles. The maximum atomic E-state index is 5.90. The van der Waals surface area contributed by atoms with Gasteiger partial charge in [0.05, 0.1) is 18.4 Å². The quantitative estimate of drug-likeness (QED) is 0.880. The summed E-state index contributed by atoms with van der Waals surface area (Å²) in [6.07, 6.45) is 5.50. The lowest BCUT2D eigenvalue weighted by molar-refractivity contribution is 0.00337. The Bertz CT molecular complexity index is 327. The van der Waals surface area contributed by atoms with Crippen molar-refractivity contribution in [3.63, 3.8) is 0 Å². The number of rotatable bonds is 4. The van der Waals surface area contributed by atoms with Crippen molar-refractivity contribution in [1.29, 1.82) is 0 Å². The molecule has 1 aliphatic rings. The monoisotopic (exact) mass is 240 g/mol. The molecule has 1 heterocycles. The standard InChI is InChI=1S/C12H20N2OS/c1-9-3-2-4-11(5-9)15-7-10-8-16-12(6-13)14-10/h8-9,11H,2-7,13H2,1H3. The van der Waals surface area contributed by atoms with Crippen LogP contribution in [0.2, 0.25) is 0 Å². The number of aromatic nitrogens is 1. The first-order chi connectivity index (χ1) is 7.78. The molecule has 16 heavy (non-hydrogen) atoms. The van der Waals surface area contributed by atoms with Crippen LogP contribution >= 0.6 is 11.3 Å². The van der Waals surface area contributed by atoms with Crippen LogP contribution in [-0.2, 0) is 17.9 Å². The fourth-order valence-corrected chi connectivity index (χ4v) is 2.90. The predicted octanol–water partition coefficient (Wildman–Crippen LogP) is 2.70. The normalized spacial score (nSPS) is 25.9. The van der Waals surface area contributed by atoms with E-state index in [0.29, 0.717) is 19.3 Å². The molecule has 0 aromatic carbocycles. The fraction of sp³-hybridized carbons (Fsp3) is 0.750. The molecule has 1 aromatic heterocycles. The van der Waals surface area contributed by atoms with E-state index >= 15 is 0 Å². The van der Waals surface area contributed by atoms with Gasteiger partial charge in [0.2, 0.25) is 0 Å². The zero-order chi connectivity index (χ0) is 11.4. The zero-order valence-electron chi connectivity index (χ0n) is 9.82. The van der Waals surface area contributed by atoms with E-state index in [4.69, 9.17) is 10.5 Å². The van der Waals surface area contributed by atoms with Crippen LogP contribution < -0.4 is 5.73 Å². The van der Waals surface area contributed by atoms with E-state index in [-0.39, 0.29) is 0 Å². The predicted molar refractivity (Wildman–Crippen MR) is 66.2 cm³/mol. The molecule has 1 aromatic rings. The number of nitrogens with zero attached hydrogens (tertiary/aromatic N) is 1. The summed E-state index contributed by atoms with van der Waals surface area (Å²) in [5.74, 6) is 0.814. The summed E-state index contributed by atoms with van der Waals surface area (Å²) >= 11 is 1.62. The van der Waals surface area contributed by atoms with Crippen LogP contribution in [0.3, 0.4) is 0 Å². The number of thiazole rings is 1. The molecule has 1 saturated carbocycles. The lowest BCUT2D eigenvalue weighted by atomic mass is 9.89. The molecule has 2 N–H and O–H groups in total. The van der Waals surface area contributed by atoms with Crippen molar-refractivity contribution in [1.82, 2.24) is 4.98 Å². The molecule has 2 unspecified atom stereocenters. The van der Waals surface area contributed by atoms with Gasteiger partial charge in [0.25, 0.3) is 0 Å². The van der Waals surface area contributed by atoms with Gasteiger partial charge in [-0.3, -0.25) is 0 Å². The van der Waals surface area contributed by atoms with Crippen molar-refractivity contribution >= 4 is 11.3 Å². The van der Waals surface area contributed by atoms with Crippen LogP contribution in [0.4, 0.5) is 0 Å². The highest BCUT2D eigenvalue weighted by atomic mass is 32.1. The molecule has 3 nitrogen and oxygen atoms in total. The minimum Gasteiger partial charge on any atom is -0.372 e. The van der Waals surface area contributed by atoms with Gasteiger partial charge in [-0.1, -0.05) is 19.8 Å². The SMILES string of the molecule is CC1CCCC(OCc2csc(CN)n2)C1. The van der Waals surface area contributed by atoms with Gasteiger partial charge >= 0.3 is 0 Å². The highest BCUT2D eigenvalue weighted by Crippen LogP contribution is 2.26. The topological polar surface area (TPSA) is 48.1 Å². The number of nitrogens with two attached hydrogens (primary N) is 1. The average Bonchev–Trinajstić information content (AvgIpc) is 2.74. The minimum atomic E-state index is 0.437. The van der Waals surface area contributed by atoms with Crippen LogP contribution in [-0.4, -0.2) is 11.1 Å². The van der Waals surface area contributed by atoms with Crippen LogP contribution in [0.15, 0.2) is 5.38 Å². The van der Waals surface area contributed by atoms with E-state index in [2.05, 4.69) is 17.3 Å². The van der Waals surface area contributed by atoms with Crippen molar-refractivity contribution in [2.45, 2.75) is 51.9 Å². The lowest BCUT2D eigenvalue weighted by Crippen LogP contribution is -2.21. The second-order valence-corrected chi connectivity index (χ2v) is 5.58. The number of ether oxygens (including phenoxy) is 1. The van der Waals surface area contributed by atoms with Crippen molar-refractivity contribution in [2.24, 2.45) is 11.7 Å². The summed E-state index contributed by atoms with van der Waals surface area (Å²) in [6.45, 7) is 3.49. The second-order valence-electron chi connectivity index (χ2n) is 4.64. The smallest absolute Gasteiger partial charge is 0.107 e. The summed E-state index contributed by atoms with van der Waals surface area (Å²) in [4.78, 5) is 4.40. The maximum Gasteiger partial charge on any atom is 0.107 e. The lowest BCUT2D eigenvalue weighted by Gasteiger charge is -2.26. The van der Waals surface area contributed by atoms with E-state index in [1.165, 1.54) is 25.7 Å². The summed E-state index contributed by atoms with van der Waals surface area (Å²) in [6, 6.07) is 0. The Kier molecular flexibility index (Phi) is 4.32. The van der Waals surface area contributed by atoms with Crippen molar-refractivity contribution in [2.75, 3.05) is 0 Å². The van der Waals surface area contributed by atoms with E-state index in [1.54, 1.807) is 11.3 Å². The second kappa shape index (κ2) is 5.75. The average molecular weight is 240 g/mol. The Morgan fingerprint density at radius 2 is 2.44 bits per heavy atom. The molecule has 0 spiro atoms. The van der Waals surface area contributed by atoms with Crippen molar-refractivity contribution in [3.05, 3.63) is 16.1 Å². The molecule has 0 bridgehead atoms. The van der Waals surface area contributed by atoms with Gasteiger partial charge in [0, 0.05) is 11.9 Å². The minimum absolute atomic E-state index is 0.437. The van der Waals surface area contributed by atoms with Gasteiger partial charge in [0.1, 0.15) is 5.01 Å². The van der Waals surface area contributed by atoms with E-state index in [0.717, 1.165) is 16.6 Å². The molecule has 2 rings (SSSR count). The number of hydrogen-bond donors (Lipinski definition) is 1. The fourth-order valence-electron chi connectivity index (χ4n) is 2.24. The highest BCUT2D eigenvalue weighted by Gasteiger charge is 2.19. The van der Waals surface area contributed by atoms with Crippen molar-refractivity contribution < 1.29 is 4.74 Å². The summed E-state index contributed by atoms with van der Waals surface area (Å²) in [5.41, 5.74) is 6.56. The van der Waals surface area contributed by atoms with Crippen LogP contribution in [0.25, 0.3) is 0 Å². The molecule has 2 atom stereocenters. The number of hydrogen-bond acceptors (Lipinski definition) is 4. The van der Waals surface area contributed by atoms with Gasteiger partial charge < -0.3 is 10.5 Å². The Labute approximate surface area is 101 Å². The molecule has 1 aliphatic carbocycles. The van der Waals surface area contributed by atoms with Gasteiger partial charge in [-0.05, 0) is 18.8 Å². The molecular formula is C12H20N2OS. The van der Waals surface area contributed by atoms with Gasteiger partial charge in [-0.2, -0.15) is 0 Å². The van der Waals surface area contributed by atoms with Gasteiger partial charge in [0.15, 0.2) is 0 Å². The van der Waals surface area contributed by atoms with E-state index in [9.17, 15) is 0 Å². The largest absolute Gasteiger partial charge is 0.372 e. The van der Waals surface area contributed by atoms with Crippen molar-refractivity contribution in [3.8, 4) is 0 Å². The first-order valence-electron chi connectivity index (χ1n) is 6.03. The molecular weight excluding hydrogens is 220 g/mol. The molecule has 0 amide bonds. The van der Waals surface area contributed by atoms with Crippen LogP contribution in [0.1, 0.15) is 43.3 Å². The Morgan fingerprint density at radius 1 is 1.56 bits per heavy atom. The summed E-state index contributed by atoms with van der Waals surface area (Å²) in [7, 11) is 0. The molecule has 0 aliphatic heterocycles. The first kappa shape index (κ1) is 12.0. The van der Waals surface area contributed by atoms with Gasteiger partial charge in [-0.15, -0.1) is 11.3 Å². The van der Waals surface area contributed by atoms with Gasteiger partial charge in [-0.25, -0.2) is 4.98 Å². The van der Waals surface area contributed by atoms with E-state index in [1.807, 2.05) is 0 Å². The molecule has 1 fully saturated rings.